The highest BCUT2D eigenvalue weighted by Gasteiger charge is 2.27. The van der Waals surface area contributed by atoms with Crippen LogP contribution in [0.15, 0.2) is 24.3 Å². The second-order valence-electron chi connectivity index (χ2n) is 4.80. The maximum atomic E-state index is 11.0. The summed E-state index contributed by atoms with van der Waals surface area (Å²) in [6.45, 7) is 7.50. The number of benzene rings is 1. The zero-order valence-electron chi connectivity index (χ0n) is 10.2. The van der Waals surface area contributed by atoms with E-state index in [1.165, 1.54) is 0 Å². The normalized spacial score (nSPS) is 11.6. The van der Waals surface area contributed by atoms with E-state index in [9.17, 15) is 4.79 Å². The third-order valence-corrected chi connectivity index (χ3v) is 2.56. The topological polar surface area (TPSA) is 49.3 Å². The van der Waals surface area contributed by atoms with Crippen molar-refractivity contribution >= 4 is 11.7 Å². The number of hydrogen-bond acceptors (Lipinski definition) is 2. The smallest absolute Gasteiger partial charge is 0.328 e. The van der Waals surface area contributed by atoms with Crippen LogP contribution in [0.4, 0.5) is 5.69 Å². The number of carboxylic acid groups (broad SMARTS) is 1. The van der Waals surface area contributed by atoms with Crippen LogP contribution in [0.25, 0.3) is 0 Å². The molecular formula is C13H19NO2. The van der Waals surface area contributed by atoms with Gasteiger partial charge in [-0.05, 0) is 31.4 Å². The predicted octanol–water partition coefficient (Wildman–Crippen LogP) is 3.09. The average molecular weight is 221 g/mol. The summed E-state index contributed by atoms with van der Waals surface area (Å²) in [6, 6.07) is 7.81. The molecule has 3 heteroatoms. The van der Waals surface area contributed by atoms with Gasteiger partial charge in [0.2, 0.25) is 0 Å². The van der Waals surface area contributed by atoms with Crippen LogP contribution in [-0.4, -0.2) is 16.6 Å². The molecule has 0 atom stereocenters. The summed E-state index contributed by atoms with van der Waals surface area (Å²) in [5.74, 6) is -0.487. The van der Waals surface area contributed by atoms with Crippen molar-refractivity contribution in [3.05, 3.63) is 29.8 Å². The van der Waals surface area contributed by atoms with Crippen LogP contribution < -0.4 is 5.32 Å². The molecule has 16 heavy (non-hydrogen) atoms. The number of carboxylic acids is 1. The van der Waals surface area contributed by atoms with Crippen LogP contribution in [0.1, 0.15) is 39.2 Å². The summed E-state index contributed by atoms with van der Waals surface area (Å²) in [4.78, 5) is 11.0. The molecule has 3 nitrogen and oxygen atoms in total. The van der Waals surface area contributed by atoms with Gasteiger partial charge in [0.05, 0.1) is 0 Å². The SMILES string of the molecule is CC(C)c1ccccc1NC(C)(C)C(=O)O. The van der Waals surface area contributed by atoms with E-state index < -0.39 is 11.5 Å². The van der Waals surface area contributed by atoms with Gasteiger partial charge in [-0.15, -0.1) is 0 Å². The minimum Gasteiger partial charge on any atom is -0.480 e. The van der Waals surface area contributed by atoms with Gasteiger partial charge in [0.15, 0.2) is 0 Å². The van der Waals surface area contributed by atoms with Gasteiger partial charge < -0.3 is 10.4 Å². The van der Waals surface area contributed by atoms with Crippen LogP contribution in [0.3, 0.4) is 0 Å². The molecule has 0 saturated carbocycles. The quantitative estimate of drug-likeness (QED) is 0.821. The van der Waals surface area contributed by atoms with Crippen molar-refractivity contribution in [2.75, 3.05) is 5.32 Å². The van der Waals surface area contributed by atoms with Gasteiger partial charge in [-0.1, -0.05) is 32.0 Å². The fourth-order valence-electron chi connectivity index (χ4n) is 1.50. The lowest BCUT2D eigenvalue weighted by Crippen LogP contribution is -2.40. The van der Waals surface area contributed by atoms with Gasteiger partial charge in [0.1, 0.15) is 5.54 Å². The zero-order valence-corrected chi connectivity index (χ0v) is 10.2. The van der Waals surface area contributed by atoms with Crippen LogP contribution in [0.5, 0.6) is 0 Å². The van der Waals surface area contributed by atoms with Crippen molar-refractivity contribution in [1.82, 2.24) is 0 Å². The molecule has 0 unspecified atom stereocenters. The third-order valence-electron chi connectivity index (χ3n) is 2.56. The number of aliphatic carboxylic acids is 1. The Labute approximate surface area is 96.5 Å². The number of rotatable bonds is 4. The molecule has 88 valence electrons. The van der Waals surface area contributed by atoms with Gasteiger partial charge in [-0.2, -0.15) is 0 Å². The first-order chi connectivity index (χ1) is 7.34. The maximum Gasteiger partial charge on any atom is 0.328 e. The van der Waals surface area contributed by atoms with Crippen LogP contribution in [0.2, 0.25) is 0 Å². The molecule has 0 heterocycles. The Morgan fingerprint density at radius 1 is 1.31 bits per heavy atom. The number of hydrogen-bond donors (Lipinski definition) is 2. The highest BCUT2D eigenvalue weighted by Crippen LogP contribution is 2.26. The van der Waals surface area contributed by atoms with E-state index in [2.05, 4.69) is 19.2 Å². The molecule has 1 rings (SSSR count). The van der Waals surface area contributed by atoms with Crippen molar-refractivity contribution < 1.29 is 9.90 Å². The molecule has 1 aromatic carbocycles. The van der Waals surface area contributed by atoms with Gasteiger partial charge in [0, 0.05) is 5.69 Å². The number of para-hydroxylation sites is 1. The molecule has 0 aliphatic rings. The highest BCUT2D eigenvalue weighted by atomic mass is 16.4. The summed E-state index contributed by atoms with van der Waals surface area (Å²) < 4.78 is 0. The predicted molar refractivity (Wildman–Crippen MR) is 65.9 cm³/mol. The first-order valence-corrected chi connectivity index (χ1v) is 5.45. The number of carbonyl (C=O) groups is 1. The van der Waals surface area contributed by atoms with E-state index in [0.717, 1.165) is 11.3 Å². The summed E-state index contributed by atoms with van der Waals surface area (Å²) >= 11 is 0. The molecule has 2 N–H and O–H groups in total. The Morgan fingerprint density at radius 3 is 2.38 bits per heavy atom. The van der Waals surface area contributed by atoms with E-state index in [-0.39, 0.29) is 0 Å². The lowest BCUT2D eigenvalue weighted by atomic mass is 9.98. The second kappa shape index (κ2) is 4.56. The molecule has 0 saturated heterocycles. The number of nitrogens with one attached hydrogen (secondary N) is 1. The monoisotopic (exact) mass is 221 g/mol. The van der Waals surface area contributed by atoms with E-state index >= 15 is 0 Å². The molecule has 0 radical (unpaired) electrons. The van der Waals surface area contributed by atoms with E-state index in [4.69, 9.17) is 5.11 Å². The van der Waals surface area contributed by atoms with E-state index in [0.29, 0.717) is 5.92 Å². The molecule has 0 aliphatic carbocycles. The summed E-state index contributed by atoms with van der Waals surface area (Å²) in [7, 11) is 0. The number of anilines is 1. The zero-order chi connectivity index (χ0) is 12.3. The average Bonchev–Trinajstić information content (AvgIpc) is 2.17. The standard InChI is InChI=1S/C13H19NO2/c1-9(2)10-7-5-6-8-11(10)14-13(3,4)12(15)16/h5-9,14H,1-4H3,(H,15,16). The molecule has 0 fully saturated rings. The summed E-state index contributed by atoms with van der Waals surface area (Å²) in [6.07, 6.45) is 0. The Balaban J connectivity index is 3.01. The minimum absolute atomic E-state index is 0.369. The van der Waals surface area contributed by atoms with Crippen LogP contribution >= 0.6 is 0 Å². The molecule has 0 amide bonds. The molecule has 0 aliphatic heterocycles. The van der Waals surface area contributed by atoms with Crippen molar-refractivity contribution in [2.24, 2.45) is 0 Å². The van der Waals surface area contributed by atoms with Gasteiger partial charge in [-0.3, -0.25) is 0 Å². The maximum absolute atomic E-state index is 11.0. The Morgan fingerprint density at radius 2 is 1.88 bits per heavy atom. The largest absolute Gasteiger partial charge is 0.480 e. The minimum atomic E-state index is -0.953. The fourth-order valence-corrected chi connectivity index (χ4v) is 1.50. The lowest BCUT2D eigenvalue weighted by Gasteiger charge is -2.25. The highest BCUT2D eigenvalue weighted by molar-refractivity contribution is 5.82. The Hall–Kier alpha value is -1.51. The Kier molecular flexibility index (Phi) is 3.58. The van der Waals surface area contributed by atoms with Crippen molar-refractivity contribution in [1.29, 1.82) is 0 Å². The summed E-state index contributed by atoms with van der Waals surface area (Å²) in [5.41, 5.74) is 1.08. The fraction of sp³-hybridized carbons (Fsp3) is 0.462. The first-order valence-electron chi connectivity index (χ1n) is 5.45. The van der Waals surface area contributed by atoms with Crippen molar-refractivity contribution in [3.8, 4) is 0 Å². The van der Waals surface area contributed by atoms with E-state index in [1.807, 2.05) is 24.3 Å². The van der Waals surface area contributed by atoms with Gasteiger partial charge in [-0.25, -0.2) is 4.79 Å². The van der Waals surface area contributed by atoms with Gasteiger partial charge >= 0.3 is 5.97 Å². The molecule has 0 aromatic heterocycles. The molecule has 0 bridgehead atoms. The molecule has 1 aromatic rings. The lowest BCUT2D eigenvalue weighted by molar-refractivity contribution is -0.141. The second-order valence-corrected chi connectivity index (χ2v) is 4.80. The van der Waals surface area contributed by atoms with Crippen LogP contribution in [0, 0.1) is 0 Å². The van der Waals surface area contributed by atoms with Crippen molar-refractivity contribution in [2.45, 2.75) is 39.2 Å². The first kappa shape index (κ1) is 12.6. The van der Waals surface area contributed by atoms with Gasteiger partial charge in [0.25, 0.3) is 0 Å². The summed E-state index contributed by atoms with van der Waals surface area (Å²) in [5, 5.41) is 12.1. The Bertz CT molecular complexity index is 383. The third kappa shape index (κ3) is 2.75. The molecule has 0 spiro atoms. The van der Waals surface area contributed by atoms with Crippen LogP contribution in [-0.2, 0) is 4.79 Å². The molecular weight excluding hydrogens is 202 g/mol. The van der Waals surface area contributed by atoms with Crippen molar-refractivity contribution in [3.63, 3.8) is 0 Å². The van der Waals surface area contributed by atoms with E-state index in [1.54, 1.807) is 13.8 Å².